The molecule has 102 valence electrons. The zero-order chi connectivity index (χ0) is 13.2. The molecule has 7 heteroatoms. The molecule has 2 rings (SSSR count). The Morgan fingerprint density at radius 1 is 1.61 bits per heavy atom. The first-order chi connectivity index (χ1) is 8.51. The molecule has 1 saturated heterocycles. The smallest absolute Gasteiger partial charge is 0.257 e. The number of hydrogen-bond acceptors (Lipinski definition) is 4. The minimum atomic E-state index is -3.44. The van der Waals surface area contributed by atoms with Gasteiger partial charge in [0.2, 0.25) is 0 Å². The predicted octanol–water partition coefficient (Wildman–Crippen LogP) is 0.202. The maximum absolute atomic E-state index is 12.0. The number of nitrogens with zero attached hydrogens (tertiary/aromatic N) is 2. The van der Waals surface area contributed by atoms with E-state index < -0.39 is 10.0 Å². The third-order valence-electron chi connectivity index (χ3n) is 3.28. The second kappa shape index (κ2) is 5.38. The van der Waals surface area contributed by atoms with Gasteiger partial charge in [0.05, 0.1) is 6.20 Å². The van der Waals surface area contributed by atoms with E-state index in [-0.39, 0.29) is 5.03 Å². The first-order valence-electron chi connectivity index (χ1n) is 6.23. The standard InChI is InChI=1S/C11H20N4O2S/c1-3-10-12-7-11(14-10)18(16,17)13-6-9-4-5-15(2)8-9/h7,9,13H,3-6,8H2,1-2H3,(H,12,14). The van der Waals surface area contributed by atoms with Crippen LogP contribution in [0.3, 0.4) is 0 Å². The van der Waals surface area contributed by atoms with Crippen LogP contribution < -0.4 is 4.72 Å². The molecule has 0 radical (unpaired) electrons. The van der Waals surface area contributed by atoms with Crippen LogP contribution in [0.15, 0.2) is 11.2 Å². The van der Waals surface area contributed by atoms with Crippen LogP contribution in [0.5, 0.6) is 0 Å². The SMILES string of the molecule is CCc1ncc(S(=O)(=O)NCC2CCN(C)C2)[nH]1. The highest BCUT2D eigenvalue weighted by Gasteiger charge is 2.23. The number of aromatic amines is 1. The summed E-state index contributed by atoms with van der Waals surface area (Å²) in [5.41, 5.74) is 0. The van der Waals surface area contributed by atoms with Crippen molar-refractivity contribution in [1.82, 2.24) is 19.6 Å². The number of H-pyrrole nitrogens is 1. The van der Waals surface area contributed by atoms with Gasteiger partial charge in [0, 0.05) is 19.5 Å². The van der Waals surface area contributed by atoms with Crippen LogP contribution in [0.25, 0.3) is 0 Å². The van der Waals surface area contributed by atoms with E-state index in [0.29, 0.717) is 24.7 Å². The fraction of sp³-hybridized carbons (Fsp3) is 0.727. The fourth-order valence-corrected chi connectivity index (χ4v) is 3.21. The fourth-order valence-electron chi connectivity index (χ4n) is 2.16. The average molecular weight is 272 g/mol. The zero-order valence-corrected chi connectivity index (χ0v) is 11.6. The van der Waals surface area contributed by atoms with Crippen molar-refractivity contribution >= 4 is 10.0 Å². The average Bonchev–Trinajstić information content (AvgIpc) is 2.95. The first kappa shape index (κ1) is 13.5. The summed E-state index contributed by atoms with van der Waals surface area (Å²) in [5.74, 6) is 1.09. The number of hydrogen-bond donors (Lipinski definition) is 2. The number of rotatable bonds is 5. The van der Waals surface area contributed by atoms with Gasteiger partial charge in [-0.3, -0.25) is 0 Å². The Bertz CT molecular complexity index is 497. The van der Waals surface area contributed by atoms with Crippen molar-refractivity contribution in [2.24, 2.45) is 5.92 Å². The molecular formula is C11H20N4O2S. The van der Waals surface area contributed by atoms with Gasteiger partial charge in [-0.25, -0.2) is 18.1 Å². The van der Waals surface area contributed by atoms with Crippen LogP contribution in [0.4, 0.5) is 0 Å². The van der Waals surface area contributed by atoms with Gasteiger partial charge in [-0.1, -0.05) is 6.92 Å². The number of aryl methyl sites for hydroxylation is 1. The van der Waals surface area contributed by atoms with Gasteiger partial charge in [-0.05, 0) is 25.9 Å². The van der Waals surface area contributed by atoms with Gasteiger partial charge in [-0.15, -0.1) is 0 Å². The Labute approximate surface area is 108 Å². The summed E-state index contributed by atoms with van der Waals surface area (Å²) in [7, 11) is -1.39. The Balaban J connectivity index is 1.95. The summed E-state index contributed by atoms with van der Waals surface area (Å²) < 4.78 is 26.7. The van der Waals surface area contributed by atoms with Crippen molar-refractivity contribution in [3.63, 3.8) is 0 Å². The van der Waals surface area contributed by atoms with Gasteiger partial charge >= 0.3 is 0 Å². The highest BCUT2D eigenvalue weighted by molar-refractivity contribution is 7.89. The number of sulfonamides is 1. The Morgan fingerprint density at radius 2 is 2.39 bits per heavy atom. The Kier molecular flexibility index (Phi) is 4.04. The molecule has 1 fully saturated rings. The molecule has 2 heterocycles. The number of nitrogens with one attached hydrogen (secondary N) is 2. The number of likely N-dealkylation sites (tertiary alicyclic amines) is 1. The van der Waals surface area contributed by atoms with Crippen LogP contribution >= 0.6 is 0 Å². The Morgan fingerprint density at radius 3 is 2.94 bits per heavy atom. The quantitative estimate of drug-likeness (QED) is 0.803. The normalized spacial score (nSPS) is 21.6. The van der Waals surface area contributed by atoms with E-state index in [1.54, 1.807) is 0 Å². The molecule has 2 N–H and O–H groups in total. The highest BCUT2D eigenvalue weighted by Crippen LogP contribution is 2.14. The van der Waals surface area contributed by atoms with Crippen molar-refractivity contribution in [3.8, 4) is 0 Å². The molecule has 1 aliphatic rings. The molecule has 0 aliphatic carbocycles. The lowest BCUT2D eigenvalue weighted by molar-refractivity contribution is 0.394. The van der Waals surface area contributed by atoms with Crippen LogP contribution in [0.1, 0.15) is 19.2 Å². The molecule has 18 heavy (non-hydrogen) atoms. The second-order valence-corrected chi connectivity index (χ2v) is 6.55. The van der Waals surface area contributed by atoms with E-state index in [9.17, 15) is 8.42 Å². The van der Waals surface area contributed by atoms with E-state index in [2.05, 4.69) is 26.6 Å². The molecule has 6 nitrogen and oxygen atoms in total. The molecule has 0 amide bonds. The van der Waals surface area contributed by atoms with Crippen LogP contribution in [0.2, 0.25) is 0 Å². The molecule has 1 aliphatic heterocycles. The van der Waals surface area contributed by atoms with Gasteiger partial charge in [0.15, 0.2) is 5.03 Å². The lowest BCUT2D eigenvalue weighted by atomic mass is 10.1. The van der Waals surface area contributed by atoms with Crippen molar-refractivity contribution < 1.29 is 8.42 Å². The molecule has 1 aromatic rings. The maximum atomic E-state index is 12.0. The largest absolute Gasteiger partial charge is 0.332 e. The number of aromatic nitrogens is 2. The summed E-state index contributed by atoms with van der Waals surface area (Å²) in [4.78, 5) is 9.04. The molecular weight excluding hydrogens is 252 g/mol. The van der Waals surface area contributed by atoms with Crippen LogP contribution in [-0.4, -0.2) is 50.0 Å². The topological polar surface area (TPSA) is 78.1 Å². The molecule has 0 saturated carbocycles. The molecule has 1 atom stereocenters. The first-order valence-corrected chi connectivity index (χ1v) is 7.71. The molecule has 1 unspecified atom stereocenters. The van der Waals surface area contributed by atoms with Gasteiger partial charge < -0.3 is 9.88 Å². The van der Waals surface area contributed by atoms with Crippen molar-refractivity contribution in [2.45, 2.75) is 24.8 Å². The maximum Gasteiger partial charge on any atom is 0.257 e. The third kappa shape index (κ3) is 3.09. The van der Waals surface area contributed by atoms with E-state index in [0.717, 1.165) is 19.5 Å². The third-order valence-corrected chi connectivity index (χ3v) is 4.61. The summed E-state index contributed by atoms with van der Waals surface area (Å²) in [6.07, 6.45) is 3.12. The van der Waals surface area contributed by atoms with Crippen molar-refractivity contribution in [2.75, 3.05) is 26.7 Å². The lowest BCUT2D eigenvalue weighted by Gasteiger charge is -2.11. The van der Waals surface area contributed by atoms with E-state index in [1.807, 2.05) is 6.92 Å². The Hall–Kier alpha value is -0.920. The zero-order valence-electron chi connectivity index (χ0n) is 10.8. The summed E-state index contributed by atoms with van der Waals surface area (Å²) in [6.45, 7) is 4.41. The minimum Gasteiger partial charge on any atom is -0.332 e. The molecule has 0 spiro atoms. The van der Waals surface area contributed by atoms with E-state index in [1.165, 1.54) is 6.20 Å². The monoisotopic (exact) mass is 272 g/mol. The van der Waals surface area contributed by atoms with Gasteiger partial charge in [-0.2, -0.15) is 0 Å². The van der Waals surface area contributed by atoms with Gasteiger partial charge in [0.1, 0.15) is 5.82 Å². The minimum absolute atomic E-state index is 0.158. The predicted molar refractivity (Wildman–Crippen MR) is 68.8 cm³/mol. The van der Waals surface area contributed by atoms with Crippen molar-refractivity contribution in [3.05, 3.63) is 12.0 Å². The summed E-state index contributed by atoms with van der Waals surface area (Å²) >= 11 is 0. The van der Waals surface area contributed by atoms with E-state index >= 15 is 0 Å². The highest BCUT2D eigenvalue weighted by atomic mass is 32.2. The summed E-state index contributed by atoms with van der Waals surface area (Å²) in [6, 6.07) is 0. The summed E-state index contributed by atoms with van der Waals surface area (Å²) in [5, 5.41) is 0.158. The van der Waals surface area contributed by atoms with Crippen molar-refractivity contribution in [1.29, 1.82) is 0 Å². The lowest BCUT2D eigenvalue weighted by Crippen LogP contribution is -2.30. The van der Waals surface area contributed by atoms with Crippen LogP contribution in [0, 0.1) is 5.92 Å². The number of imidazole rings is 1. The molecule has 0 aromatic carbocycles. The van der Waals surface area contributed by atoms with Gasteiger partial charge in [0.25, 0.3) is 10.0 Å². The van der Waals surface area contributed by atoms with Crippen LogP contribution in [-0.2, 0) is 16.4 Å². The van der Waals surface area contributed by atoms with E-state index in [4.69, 9.17) is 0 Å². The molecule has 0 bridgehead atoms. The second-order valence-electron chi connectivity index (χ2n) is 4.82. The molecule has 1 aromatic heterocycles.